The molecule has 4 N–H and O–H groups in total. The molecule has 0 radical (unpaired) electrons. The molecule has 8 heteroatoms. The average Bonchev–Trinajstić information content (AvgIpc) is 3.98. The predicted octanol–water partition coefficient (Wildman–Crippen LogP) is 10.00. The molecule has 300 valence electrons. The van der Waals surface area contributed by atoms with Crippen molar-refractivity contribution in [2.24, 2.45) is 11.8 Å². The Labute approximate surface area is 331 Å². The van der Waals surface area contributed by atoms with Gasteiger partial charge in [0.1, 0.15) is 0 Å². The van der Waals surface area contributed by atoms with Gasteiger partial charge in [0.25, 0.3) is 0 Å². The third kappa shape index (κ3) is 9.55. The molecule has 4 fully saturated rings. The normalized spacial score (nSPS) is 29.5. The van der Waals surface area contributed by atoms with Crippen LogP contribution in [0.3, 0.4) is 0 Å². The Balaban J connectivity index is 0.578. The first-order valence-electron chi connectivity index (χ1n) is 22.9. The molecule has 2 aliphatic carbocycles. The third-order valence-electron chi connectivity index (χ3n) is 14.8. The summed E-state index contributed by atoms with van der Waals surface area (Å²) < 4.78 is 0. The number of unbranched alkanes of at least 4 members (excludes halogenated alkanes) is 6. The average molecular weight is 751 g/mol. The highest BCUT2D eigenvalue weighted by atomic mass is 16.2. The summed E-state index contributed by atoms with van der Waals surface area (Å²) in [6, 6.07) is 21.5. The smallest absolute Gasteiger partial charge is 0.315 e. The van der Waals surface area contributed by atoms with Gasteiger partial charge in [0, 0.05) is 49.3 Å². The summed E-state index contributed by atoms with van der Waals surface area (Å²) in [5.41, 5.74) is 6.35. The Kier molecular flexibility index (Phi) is 13.3. The quantitative estimate of drug-likeness (QED) is 0.114. The molecule has 55 heavy (non-hydrogen) atoms. The lowest BCUT2D eigenvalue weighted by molar-refractivity contribution is 0.185. The van der Waals surface area contributed by atoms with E-state index in [0.29, 0.717) is 36.3 Å². The zero-order chi connectivity index (χ0) is 37.4. The first kappa shape index (κ1) is 38.8. The molecule has 2 aromatic rings. The molecule has 4 heterocycles. The van der Waals surface area contributed by atoms with Crippen molar-refractivity contribution in [3.63, 3.8) is 0 Å². The fraction of sp³-hybridized carbons (Fsp3) is 0.702. The molecule has 2 saturated carbocycles. The van der Waals surface area contributed by atoms with Gasteiger partial charge in [-0.1, -0.05) is 80.6 Å². The van der Waals surface area contributed by atoms with Gasteiger partial charge in [-0.2, -0.15) is 0 Å². The van der Waals surface area contributed by atoms with Crippen molar-refractivity contribution in [1.82, 2.24) is 31.1 Å². The highest BCUT2D eigenvalue weighted by molar-refractivity contribution is 5.74. The van der Waals surface area contributed by atoms with Crippen molar-refractivity contribution in [3.05, 3.63) is 70.8 Å². The summed E-state index contributed by atoms with van der Waals surface area (Å²) in [6.07, 6.45) is 25.3. The molecule has 4 amide bonds. The largest absolute Gasteiger partial charge is 0.338 e. The molecule has 4 bridgehead atoms. The van der Waals surface area contributed by atoms with Crippen LogP contribution in [0.15, 0.2) is 48.5 Å². The van der Waals surface area contributed by atoms with E-state index in [1.54, 1.807) is 22.3 Å². The third-order valence-corrected chi connectivity index (χ3v) is 14.8. The minimum absolute atomic E-state index is 0.0188. The number of hydrogen-bond acceptors (Lipinski definition) is 4. The van der Waals surface area contributed by atoms with E-state index in [1.165, 1.54) is 96.6 Å². The van der Waals surface area contributed by atoms with Crippen LogP contribution in [0.2, 0.25) is 0 Å². The molecule has 8 nitrogen and oxygen atoms in total. The maximum Gasteiger partial charge on any atom is 0.315 e. The molecule has 0 unspecified atom stereocenters. The summed E-state index contributed by atoms with van der Waals surface area (Å²) in [7, 11) is 0. The van der Waals surface area contributed by atoms with Gasteiger partial charge in [-0.05, 0) is 150 Å². The van der Waals surface area contributed by atoms with Gasteiger partial charge in [0.2, 0.25) is 0 Å². The second-order valence-electron chi connectivity index (χ2n) is 18.2. The minimum Gasteiger partial charge on any atom is -0.338 e. The molecule has 2 aromatic carbocycles. The number of rotatable bonds is 18. The first-order chi connectivity index (χ1) is 27.1. The second kappa shape index (κ2) is 18.9. The lowest BCUT2D eigenvalue weighted by atomic mass is 9.84. The Morgan fingerprint density at radius 2 is 0.782 bits per heavy atom. The molecule has 0 spiro atoms. The van der Waals surface area contributed by atoms with Crippen molar-refractivity contribution in [1.29, 1.82) is 0 Å². The van der Waals surface area contributed by atoms with Crippen LogP contribution >= 0.6 is 0 Å². The predicted molar refractivity (Wildman–Crippen MR) is 222 cm³/mol. The lowest BCUT2D eigenvalue weighted by Gasteiger charge is -2.31. The van der Waals surface area contributed by atoms with Crippen LogP contribution in [0.5, 0.6) is 0 Å². The zero-order valence-electron chi connectivity index (χ0n) is 33.6. The van der Waals surface area contributed by atoms with Crippen LogP contribution in [0.1, 0.15) is 181 Å². The topological polar surface area (TPSA) is 88.7 Å². The van der Waals surface area contributed by atoms with Crippen molar-refractivity contribution in [2.45, 2.75) is 171 Å². The summed E-state index contributed by atoms with van der Waals surface area (Å²) in [6.45, 7) is 3.97. The van der Waals surface area contributed by atoms with Crippen LogP contribution in [0.4, 0.5) is 9.59 Å². The Morgan fingerprint density at radius 1 is 0.455 bits per heavy atom. The summed E-state index contributed by atoms with van der Waals surface area (Å²) in [5, 5.41) is 12.7. The lowest BCUT2D eigenvalue weighted by Crippen LogP contribution is -2.44. The fourth-order valence-electron chi connectivity index (χ4n) is 11.8. The van der Waals surface area contributed by atoms with E-state index in [4.69, 9.17) is 0 Å². The van der Waals surface area contributed by atoms with Crippen molar-refractivity contribution >= 4 is 12.1 Å². The van der Waals surface area contributed by atoms with Gasteiger partial charge in [0.15, 0.2) is 0 Å². The number of amides is 4. The highest BCUT2D eigenvalue weighted by Gasteiger charge is 2.44. The van der Waals surface area contributed by atoms with Crippen LogP contribution < -0.4 is 21.3 Å². The maximum absolute atomic E-state index is 12.5. The Bertz CT molecular complexity index is 1370. The number of urea groups is 2. The number of carbonyl (C=O) groups excluding carboxylic acids is 2. The van der Waals surface area contributed by atoms with Crippen LogP contribution in [-0.4, -0.2) is 60.1 Å². The van der Waals surface area contributed by atoms with Gasteiger partial charge in [-0.25, -0.2) is 9.59 Å². The molecule has 2 saturated heterocycles. The van der Waals surface area contributed by atoms with E-state index in [-0.39, 0.29) is 12.1 Å². The van der Waals surface area contributed by atoms with Gasteiger partial charge in [0.05, 0.1) is 0 Å². The van der Waals surface area contributed by atoms with Crippen molar-refractivity contribution < 1.29 is 9.59 Å². The van der Waals surface area contributed by atoms with Gasteiger partial charge in [-0.3, -0.25) is 9.80 Å². The fourth-order valence-corrected chi connectivity index (χ4v) is 11.8. The van der Waals surface area contributed by atoms with E-state index >= 15 is 0 Å². The van der Waals surface area contributed by atoms with Crippen molar-refractivity contribution in [3.8, 4) is 0 Å². The first-order valence-corrected chi connectivity index (χ1v) is 22.9. The SMILES string of the molecule is O=C(NCCCCCCCCCNC(=O)NC1CCC(CCN2[C@@H]3CC[C@H]2c2ccccc23)CC1)NC1CCC(CCN2[C@@H]3CC[C@H]2c2ccccc23)CC1. The molecule has 0 aromatic heterocycles. The van der Waals surface area contributed by atoms with E-state index in [2.05, 4.69) is 79.6 Å². The summed E-state index contributed by atoms with van der Waals surface area (Å²) in [4.78, 5) is 30.6. The highest BCUT2D eigenvalue weighted by Crippen LogP contribution is 2.54. The molecule has 4 aliphatic heterocycles. The molecular formula is C47H70N6O2. The maximum atomic E-state index is 12.5. The van der Waals surface area contributed by atoms with E-state index in [0.717, 1.165) is 76.3 Å². The molecule has 8 rings (SSSR count). The Hall–Kier alpha value is -3.10. The van der Waals surface area contributed by atoms with Crippen molar-refractivity contribution in [2.75, 3.05) is 26.2 Å². The number of nitrogens with one attached hydrogen (secondary N) is 4. The monoisotopic (exact) mass is 751 g/mol. The number of nitrogens with zero attached hydrogens (tertiary/aromatic N) is 2. The van der Waals surface area contributed by atoms with Gasteiger partial charge >= 0.3 is 12.1 Å². The second-order valence-corrected chi connectivity index (χ2v) is 18.2. The van der Waals surface area contributed by atoms with Crippen LogP contribution in [0, 0.1) is 11.8 Å². The molecule has 4 atom stereocenters. The van der Waals surface area contributed by atoms with Crippen LogP contribution in [0.25, 0.3) is 0 Å². The standard InChI is InChI=1S/C47H70N6O2/c54-46(50-36-20-16-34(17-21-36)28-32-52-42-24-25-43(52)39-13-7-6-12-38(39)42)48-30-10-4-2-1-3-5-11-31-49-47(55)51-37-22-18-35(19-23-37)29-33-53-44-26-27-45(53)41-15-9-8-14-40(41)44/h6-9,12-15,34-37,42-45H,1-5,10-11,16-33H2,(H2,48,50,54)(H2,49,51,55)/t34?,35?,36?,37?,42-,43+,44-,45+. The Morgan fingerprint density at radius 3 is 1.13 bits per heavy atom. The van der Waals surface area contributed by atoms with Gasteiger partial charge in [-0.15, -0.1) is 0 Å². The summed E-state index contributed by atoms with van der Waals surface area (Å²) in [5.74, 6) is 1.59. The van der Waals surface area contributed by atoms with Gasteiger partial charge < -0.3 is 21.3 Å². The van der Waals surface area contributed by atoms with Crippen LogP contribution in [-0.2, 0) is 0 Å². The summed E-state index contributed by atoms with van der Waals surface area (Å²) >= 11 is 0. The minimum atomic E-state index is 0.0188. The molecular weight excluding hydrogens is 681 g/mol. The number of benzene rings is 2. The number of carbonyl (C=O) groups is 2. The zero-order valence-corrected chi connectivity index (χ0v) is 33.6. The van der Waals surface area contributed by atoms with E-state index in [1.807, 2.05) is 0 Å². The number of hydrogen-bond donors (Lipinski definition) is 4. The number of fused-ring (bicyclic) bond motifs is 10. The molecule has 6 aliphatic rings. The van der Waals surface area contributed by atoms with E-state index < -0.39 is 0 Å². The van der Waals surface area contributed by atoms with E-state index in [9.17, 15) is 9.59 Å².